The molecule has 1 heterocycles. The summed E-state index contributed by atoms with van der Waals surface area (Å²) in [7, 11) is 0. The molecule has 2 rings (SSSR count). The molecule has 0 unspecified atom stereocenters. The molecule has 1 aromatic rings. The van der Waals surface area contributed by atoms with Crippen molar-refractivity contribution in [2.45, 2.75) is 70.5 Å². The summed E-state index contributed by atoms with van der Waals surface area (Å²) in [5.74, 6) is 2.16. The molecule has 0 spiro atoms. The van der Waals surface area contributed by atoms with Crippen molar-refractivity contribution in [1.29, 1.82) is 0 Å². The van der Waals surface area contributed by atoms with Crippen LogP contribution in [-0.4, -0.2) is 16.3 Å². The number of hydrogen-bond donors (Lipinski definition) is 1. The van der Waals surface area contributed by atoms with Crippen LogP contribution in [-0.2, 0) is 6.54 Å². The zero-order chi connectivity index (χ0) is 14.6. The van der Waals surface area contributed by atoms with Gasteiger partial charge in [-0.15, -0.1) is 11.8 Å². The van der Waals surface area contributed by atoms with E-state index >= 15 is 0 Å². The lowest BCUT2D eigenvalue weighted by Crippen LogP contribution is -2.35. The highest BCUT2D eigenvalue weighted by atomic mass is 32.2. The van der Waals surface area contributed by atoms with Gasteiger partial charge < -0.3 is 5.32 Å². The molecule has 0 bridgehead atoms. The van der Waals surface area contributed by atoms with Crippen LogP contribution in [0.2, 0.25) is 0 Å². The van der Waals surface area contributed by atoms with E-state index in [-0.39, 0.29) is 5.54 Å². The van der Waals surface area contributed by atoms with Gasteiger partial charge in [-0.1, -0.05) is 18.9 Å². The quantitative estimate of drug-likeness (QED) is 0.805. The molecule has 0 aromatic carbocycles. The SMILES string of the molecule is Cc1cc(CNC(C)(C)C)cnc1SCC1CCCC1. The molecular weight excluding hydrogens is 264 g/mol. The van der Waals surface area contributed by atoms with Crippen LogP contribution in [0.25, 0.3) is 0 Å². The fourth-order valence-corrected chi connectivity index (χ4v) is 3.75. The van der Waals surface area contributed by atoms with Crippen molar-refractivity contribution in [3.8, 4) is 0 Å². The topological polar surface area (TPSA) is 24.9 Å². The van der Waals surface area contributed by atoms with Gasteiger partial charge in [0.25, 0.3) is 0 Å². The highest BCUT2D eigenvalue weighted by Gasteiger charge is 2.16. The Balaban J connectivity index is 1.88. The van der Waals surface area contributed by atoms with Gasteiger partial charge >= 0.3 is 0 Å². The molecule has 1 aromatic heterocycles. The van der Waals surface area contributed by atoms with Crippen LogP contribution in [0.1, 0.15) is 57.6 Å². The lowest BCUT2D eigenvalue weighted by molar-refractivity contribution is 0.424. The van der Waals surface area contributed by atoms with Gasteiger partial charge in [-0.05, 0) is 57.6 Å². The second kappa shape index (κ2) is 6.95. The summed E-state index contributed by atoms with van der Waals surface area (Å²) in [5.41, 5.74) is 2.76. The minimum absolute atomic E-state index is 0.157. The minimum Gasteiger partial charge on any atom is -0.308 e. The Morgan fingerprint density at radius 3 is 2.60 bits per heavy atom. The molecule has 2 nitrogen and oxygen atoms in total. The molecular formula is C17H28N2S. The molecule has 0 aliphatic heterocycles. The fourth-order valence-electron chi connectivity index (χ4n) is 2.61. The van der Waals surface area contributed by atoms with Gasteiger partial charge in [0.15, 0.2) is 0 Å². The number of thioether (sulfide) groups is 1. The third kappa shape index (κ3) is 5.10. The standard InChI is InChI=1S/C17H28N2S/c1-13-9-15(11-19-17(2,3)4)10-18-16(13)20-12-14-7-5-6-8-14/h9-10,14,19H,5-8,11-12H2,1-4H3. The van der Waals surface area contributed by atoms with Crippen molar-refractivity contribution in [1.82, 2.24) is 10.3 Å². The molecule has 20 heavy (non-hydrogen) atoms. The molecule has 0 atom stereocenters. The summed E-state index contributed by atoms with van der Waals surface area (Å²) in [6.45, 7) is 9.66. The van der Waals surface area contributed by atoms with E-state index in [9.17, 15) is 0 Å². The summed E-state index contributed by atoms with van der Waals surface area (Å²) in [6, 6.07) is 2.28. The van der Waals surface area contributed by atoms with Crippen molar-refractivity contribution in [2.75, 3.05) is 5.75 Å². The first-order chi connectivity index (χ1) is 9.44. The predicted molar refractivity (Wildman–Crippen MR) is 88.2 cm³/mol. The van der Waals surface area contributed by atoms with E-state index in [1.807, 2.05) is 18.0 Å². The average molecular weight is 292 g/mol. The van der Waals surface area contributed by atoms with E-state index in [4.69, 9.17) is 0 Å². The Hall–Kier alpha value is -0.540. The smallest absolute Gasteiger partial charge is 0.0989 e. The lowest BCUT2D eigenvalue weighted by atomic mass is 10.1. The summed E-state index contributed by atoms with van der Waals surface area (Å²) < 4.78 is 0. The number of nitrogens with zero attached hydrogens (tertiary/aromatic N) is 1. The average Bonchev–Trinajstić information content (AvgIpc) is 2.87. The molecule has 0 radical (unpaired) electrons. The largest absolute Gasteiger partial charge is 0.308 e. The zero-order valence-corrected chi connectivity index (χ0v) is 14.1. The van der Waals surface area contributed by atoms with Crippen molar-refractivity contribution in [2.24, 2.45) is 5.92 Å². The van der Waals surface area contributed by atoms with E-state index in [0.717, 1.165) is 12.5 Å². The van der Waals surface area contributed by atoms with Crippen LogP contribution in [0.15, 0.2) is 17.3 Å². The number of rotatable bonds is 5. The molecule has 1 aliphatic carbocycles. The number of aromatic nitrogens is 1. The van der Waals surface area contributed by atoms with Crippen LogP contribution in [0.3, 0.4) is 0 Å². The Kier molecular flexibility index (Phi) is 5.50. The first kappa shape index (κ1) is 15.8. The van der Waals surface area contributed by atoms with E-state index in [1.54, 1.807) is 0 Å². The molecule has 1 saturated carbocycles. The third-order valence-electron chi connectivity index (χ3n) is 3.84. The summed E-state index contributed by atoms with van der Waals surface area (Å²) in [5, 5.41) is 4.73. The van der Waals surface area contributed by atoms with Gasteiger partial charge in [0.2, 0.25) is 0 Å². The molecule has 112 valence electrons. The van der Waals surface area contributed by atoms with Gasteiger partial charge in [0.05, 0.1) is 5.03 Å². The normalized spacial score (nSPS) is 16.8. The lowest BCUT2D eigenvalue weighted by Gasteiger charge is -2.20. The first-order valence-electron chi connectivity index (χ1n) is 7.77. The summed E-state index contributed by atoms with van der Waals surface area (Å²) in [6.07, 6.45) is 7.71. The highest BCUT2D eigenvalue weighted by Crippen LogP contribution is 2.31. The molecule has 0 amide bonds. The Labute approximate surface area is 128 Å². The number of nitrogens with one attached hydrogen (secondary N) is 1. The highest BCUT2D eigenvalue weighted by molar-refractivity contribution is 7.99. The maximum atomic E-state index is 4.66. The van der Waals surface area contributed by atoms with Gasteiger partial charge in [-0.25, -0.2) is 4.98 Å². The molecule has 0 saturated heterocycles. The molecule has 3 heteroatoms. The monoisotopic (exact) mass is 292 g/mol. The van der Waals surface area contributed by atoms with Crippen LogP contribution in [0.4, 0.5) is 0 Å². The Bertz CT molecular complexity index is 431. The minimum atomic E-state index is 0.157. The van der Waals surface area contributed by atoms with Gasteiger partial charge in [-0.3, -0.25) is 0 Å². The van der Waals surface area contributed by atoms with Gasteiger partial charge in [-0.2, -0.15) is 0 Å². The van der Waals surface area contributed by atoms with Crippen LogP contribution < -0.4 is 5.32 Å². The fraction of sp³-hybridized carbons (Fsp3) is 0.706. The second-order valence-corrected chi connectivity index (χ2v) is 8.04. The van der Waals surface area contributed by atoms with Gasteiger partial charge in [0, 0.05) is 24.0 Å². The Morgan fingerprint density at radius 2 is 2.00 bits per heavy atom. The van der Waals surface area contributed by atoms with Crippen LogP contribution in [0.5, 0.6) is 0 Å². The zero-order valence-electron chi connectivity index (χ0n) is 13.3. The van der Waals surface area contributed by atoms with Crippen molar-refractivity contribution in [3.63, 3.8) is 0 Å². The van der Waals surface area contributed by atoms with Crippen molar-refractivity contribution < 1.29 is 0 Å². The van der Waals surface area contributed by atoms with E-state index in [0.29, 0.717) is 0 Å². The van der Waals surface area contributed by atoms with Crippen molar-refractivity contribution in [3.05, 3.63) is 23.4 Å². The number of pyridine rings is 1. The summed E-state index contributed by atoms with van der Waals surface area (Å²) in [4.78, 5) is 4.66. The predicted octanol–water partition coefficient (Wildman–Crippen LogP) is 4.56. The van der Waals surface area contributed by atoms with Crippen molar-refractivity contribution >= 4 is 11.8 Å². The maximum Gasteiger partial charge on any atom is 0.0989 e. The maximum absolute atomic E-state index is 4.66. The first-order valence-corrected chi connectivity index (χ1v) is 8.76. The Morgan fingerprint density at radius 1 is 1.30 bits per heavy atom. The van der Waals surface area contributed by atoms with Gasteiger partial charge in [0.1, 0.15) is 0 Å². The van der Waals surface area contributed by atoms with E-state index < -0.39 is 0 Å². The van der Waals surface area contributed by atoms with E-state index in [1.165, 1.54) is 47.6 Å². The number of hydrogen-bond acceptors (Lipinski definition) is 3. The molecule has 1 N–H and O–H groups in total. The van der Waals surface area contributed by atoms with Crippen LogP contribution in [0, 0.1) is 12.8 Å². The second-order valence-electron chi connectivity index (χ2n) is 7.03. The third-order valence-corrected chi connectivity index (χ3v) is 5.18. The summed E-state index contributed by atoms with van der Waals surface area (Å²) >= 11 is 1.95. The molecule has 1 fully saturated rings. The molecule has 1 aliphatic rings. The van der Waals surface area contributed by atoms with Crippen LogP contribution >= 0.6 is 11.8 Å². The number of aryl methyl sites for hydroxylation is 1. The van der Waals surface area contributed by atoms with E-state index in [2.05, 4.69) is 44.1 Å².